The number of phenolic OH excluding ortho intramolecular Hbond substituents is 1. The Morgan fingerprint density at radius 1 is 0.906 bits per heavy atom. The van der Waals surface area contributed by atoms with Crippen molar-refractivity contribution in [1.82, 2.24) is 0 Å². The molecule has 4 aromatic carbocycles. The molecule has 0 spiro atoms. The Morgan fingerprint density at radius 2 is 1.62 bits per heavy atom. The Bertz CT molecular complexity index is 1430. The van der Waals surface area contributed by atoms with Crippen LogP contribution >= 0.6 is 0 Å². The molecule has 0 fully saturated rings. The van der Waals surface area contributed by atoms with Crippen LogP contribution < -0.4 is 10.6 Å². The number of nitrogen functional groups attached to an aromatic ring is 1. The van der Waals surface area contributed by atoms with Crippen LogP contribution in [0.3, 0.4) is 0 Å². The maximum atomic E-state index is 13.4. The summed E-state index contributed by atoms with van der Waals surface area (Å²) in [5.41, 5.74) is 10.8. The van der Waals surface area contributed by atoms with E-state index in [1.165, 1.54) is 6.07 Å². The molecule has 164 valence electrons. The Hall–Kier alpha value is -3.51. The van der Waals surface area contributed by atoms with Crippen molar-refractivity contribution in [2.75, 3.05) is 24.7 Å². The molecule has 0 radical (unpaired) electrons. The van der Waals surface area contributed by atoms with Crippen molar-refractivity contribution >= 4 is 32.0 Å². The van der Waals surface area contributed by atoms with Crippen molar-refractivity contribution in [3.8, 4) is 16.9 Å². The number of nitrogens with two attached hydrogens (primary N) is 1. The first-order valence-corrected chi connectivity index (χ1v) is 11.9. The fourth-order valence-corrected chi connectivity index (χ4v) is 5.73. The van der Waals surface area contributed by atoms with E-state index >= 15 is 0 Å². The topological polar surface area (TPSA) is 83.6 Å². The van der Waals surface area contributed by atoms with E-state index in [9.17, 15) is 13.5 Å². The van der Waals surface area contributed by atoms with Gasteiger partial charge in [-0.15, -0.1) is 0 Å². The number of hydrogen-bond acceptors (Lipinski definition) is 5. The van der Waals surface area contributed by atoms with Gasteiger partial charge in [-0.1, -0.05) is 42.5 Å². The minimum atomic E-state index is -3.57. The minimum Gasteiger partial charge on any atom is -0.508 e. The number of anilines is 2. The highest BCUT2D eigenvalue weighted by atomic mass is 32.2. The van der Waals surface area contributed by atoms with Crippen molar-refractivity contribution in [3.63, 3.8) is 0 Å². The average Bonchev–Trinajstić information content (AvgIpc) is 2.74. The van der Waals surface area contributed by atoms with Crippen LogP contribution in [0.1, 0.15) is 11.1 Å². The lowest BCUT2D eigenvalue weighted by molar-refractivity contribution is 0.475. The first-order valence-electron chi connectivity index (χ1n) is 10.3. The van der Waals surface area contributed by atoms with Crippen molar-refractivity contribution in [3.05, 3.63) is 83.9 Å². The zero-order valence-corrected chi connectivity index (χ0v) is 19.1. The Kier molecular flexibility index (Phi) is 5.57. The summed E-state index contributed by atoms with van der Waals surface area (Å²) in [5.74, 6) is 0.0216. The van der Waals surface area contributed by atoms with Gasteiger partial charge in [0.15, 0.2) is 9.84 Å². The van der Waals surface area contributed by atoms with Gasteiger partial charge < -0.3 is 15.7 Å². The number of benzene rings is 4. The van der Waals surface area contributed by atoms with Crippen LogP contribution in [-0.2, 0) is 15.6 Å². The van der Waals surface area contributed by atoms with Gasteiger partial charge in [0.25, 0.3) is 0 Å². The van der Waals surface area contributed by atoms with E-state index in [0.717, 1.165) is 38.7 Å². The number of nitrogens with zero attached hydrogens (tertiary/aromatic N) is 1. The summed E-state index contributed by atoms with van der Waals surface area (Å²) in [7, 11) is 0.320. The van der Waals surface area contributed by atoms with Crippen LogP contribution in [0, 0.1) is 6.92 Å². The summed E-state index contributed by atoms with van der Waals surface area (Å²) in [5, 5.41) is 11.2. The second kappa shape index (κ2) is 8.20. The van der Waals surface area contributed by atoms with Gasteiger partial charge in [-0.3, -0.25) is 0 Å². The highest BCUT2D eigenvalue weighted by molar-refractivity contribution is 7.90. The molecule has 0 atom stereocenters. The predicted molar refractivity (Wildman–Crippen MR) is 132 cm³/mol. The van der Waals surface area contributed by atoms with Crippen molar-refractivity contribution in [2.24, 2.45) is 0 Å². The van der Waals surface area contributed by atoms with Crippen molar-refractivity contribution in [1.29, 1.82) is 0 Å². The molecule has 0 amide bonds. The third-order valence-corrected chi connectivity index (χ3v) is 7.43. The maximum absolute atomic E-state index is 13.4. The Balaban J connectivity index is 1.72. The lowest BCUT2D eigenvalue weighted by Gasteiger charge is -2.17. The van der Waals surface area contributed by atoms with Crippen LogP contribution in [0.2, 0.25) is 0 Å². The number of rotatable bonds is 5. The van der Waals surface area contributed by atoms with Crippen LogP contribution in [0.25, 0.3) is 21.9 Å². The molecule has 0 aromatic heterocycles. The van der Waals surface area contributed by atoms with E-state index in [-0.39, 0.29) is 11.5 Å². The lowest BCUT2D eigenvalue weighted by Crippen LogP contribution is -2.10. The third kappa shape index (κ3) is 4.01. The first-order chi connectivity index (χ1) is 15.2. The van der Waals surface area contributed by atoms with E-state index in [0.29, 0.717) is 10.6 Å². The molecular formula is C26H26N2O3S. The summed E-state index contributed by atoms with van der Waals surface area (Å²) < 4.78 is 26.9. The summed E-state index contributed by atoms with van der Waals surface area (Å²) in [6.07, 6.45) is 0. The van der Waals surface area contributed by atoms with E-state index in [1.54, 1.807) is 24.3 Å². The minimum absolute atomic E-state index is 0.0878. The molecule has 0 saturated heterocycles. The van der Waals surface area contributed by atoms with E-state index in [2.05, 4.69) is 0 Å². The van der Waals surface area contributed by atoms with Crippen LogP contribution in [0.5, 0.6) is 5.75 Å². The SMILES string of the molecule is Cc1cc(-c2ccc(O)cc2N)ccc1CS(=O)(=O)c1cccc2c(N(C)C)cccc12. The van der Waals surface area contributed by atoms with Crippen LogP contribution in [0.15, 0.2) is 77.7 Å². The first kappa shape index (κ1) is 21.7. The van der Waals surface area contributed by atoms with Crippen LogP contribution in [-0.4, -0.2) is 27.6 Å². The summed E-state index contributed by atoms with van der Waals surface area (Å²) in [6, 6.07) is 21.6. The Labute approximate surface area is 188 Å². The molecule has 6 heteroatoms. The van der Waals surface area contributed by atoms with Gasteiger partial charge in [-0.2, -0.15) is 0 Å². The van der Waals surface area contributed by atoms with Gasteiger partial charge in [-0.05, 0) is 47.9 Å². The molecule has 0 heterocycles. The van der Waals surface area contributed by atoms with E-state index < -0.39 is 9.84 Å². The molecule has 0 bridgehead atoms. The number of aryl methyl sites for hydroxylation is 1. The van der Waals surface area contributed by atoms with Crippen LogP contribution in [0.4, 0.5) is 11.4 Å². The molecule has 32 heavy (non-hydrogen) atoms. The highest BCUT2D eigenvalue weighted by Gasteiger charge is 2.20. The normalized spacial score (nSPS) is 11.6. The number of sulfone groups is 1. The molecule has 3 N–H and O–H groups in total. The second-order valence-electron chi connectivity index (χ2n) is 8.19. The second-order valence-corrected chi connectivity index (χ2v) is 10.2. The molecule has 0 aliphatic rings. The number of phenols is 1. The summed E-state index contributed by atoms with van der Waals surface area (Å²) >= 11 is 0. The fraction of sp³-hybridized carbons (Fsp3) is 0.154. The smallest absolute Gasteiger partial charge is 0.183 e. The number of aromatic hydroxyl groups is 1. The fourth-order valence-electron chi connectivity index (χ4n) is 4.05. The number of fused-ring (bicyclic) bond motifs is 1. The lowest BCUT2D eigenvalue weighted by atomic mass is 9.99. The molecule has 0 aliphatic carbocycles. The quantitative estimate of drug-likeness (QED) is 0.415. The monoisotopic (exact) mass is 446 g/mol. The van der Waals surface area contributed by atoms with E-state index in [4.69, 9.17) is 5.73 Å². The largest absolute Gasteiger partial charge is 0.508 e. The van der Waals surface area contributed by atoms with E-state index in [1.807, 2.05) is 68.4 Å². The summed E-state index contributed by atoms with van der Waals surface area (Å²) in [4.78, 5) is 2.32. The zero-order valence-electron chi connectivity index (χ0n) is 18.3. The van der Waals surface area contributed by atoms with Gasteiger partial charge >= 0.3 is 0 Å². The molecule has 0 saturated carbocycles. The molecule has 0 unspecified atom stereocenters. The van der Waals surface area contributed by atoms with Crippen molar-refractivity contribution < 1.29 is 13.5 Å². The van der Waals surface area contributed by atoms with Gasteiger partial charge in [0.05, 0.1) is 10.6 Å². The molecule has 4 aromatic rings. The number of hydrogen-bond donors (Lipinski definition) is 2. The predicted octanol–water partition coefficient (Wildman–Crippen LogP) is 5.14. The van der Waals surface area contributed by atoms with Gasteiger partial charge in [0, 0.05) is 47.9 Å². The van der Waals surface area contributed by atoms with Gasteiger partial charge in [0.1, 0.15) is 5.75 Å². The Morgan fingerprint density at radius 3 is 2.31 bits per heavy atom. The van der Waals surface area contributed by atoms with Crippen molar-refractivity contribution in [2.45, 2.75) is 17.6 Å². The molecule has 0 aliphatic heterocycles. The van der Waals surface area contributed by atoms with Gasteiger partial charge in [-0.25, -0.2) is 8.42 Å². The third-order valence-electron chi connectivity index (χ3n) is 5.71. The maximum Gasteiger partial charge on any atom is 0.183 e. The highest BCUT2D eigenvalue weighted by Crippen LogP contribution is 2.33. The molecular weight excluding hydrogens is 420 g/mol. The average molecular weight is 447 g/mol. The van der Waals surface area contributed by atoms with Gasteiger partial charge in [0.2, 0.25) is 0 Å². The molecule has 4 rings (SSSR count). The standard InChI is InChI=1S/C26H26N2O3S/c1-17-14-18(21-13-12-20(29)15-24(21)27)10-11-19(17)16-32(30,31)26-9-5-6-22-23(26)7-4-8-25(22)28(2)3/h4-15,29H,16,27H2,1-3H3. The summed E-state index contributed by atoms with van der Waals surface area (Å²) in [6.45, 7) is 1.90. The molecule has 5 nitrogen and oxygen atoms in total. The zero-order chi connectivity index (χ0) is 23.0.